The van der Waals surface area contributed by atoms with E-state index < -0.39 is 10.0 Å². The lowest BCUT2D eigenvalue weighted by atomic mass is 10.0. The minimum Gasteiger partial charge on any atom is -0.346 e. The van der Waals surface area contributed by atoms with E-state index in [-0.39, 0.29) is 12.1 Å². The van der Waals surface area contributed by atoms with Crippen molar-refractivity contribution in [3.63, 3.8) is 0 Å². The Kier molecular flexibility index (Phi) is 3.86. The predicted molar refractivity (Wildman–Crippen MR) is 96.2 cm³/mol. The van der Waals surface area contributed by atoms with Crippen LogP contribution in [0, 0.1) is 11.5 Å². The Morgan fingerprint density at radius 3 is 2.85 bits per heavy atom. The zero-order chi connectivity index (χ0) is 18.3. The van der Waals surface area contributed by atoms with E-state index in [2.05, 4.69) is 25.0 Å². The molecule has 0 radical (unpaired) electrons. The number of hydrogen-bond donors (Lipinski definition) is 3. The Morgan fingerprint density at radius 2 is 2.08 bits per heavy atom. The first-order valence-corrected chi connectivity index (χ1v) is 9.89. The van der Waals surface area contributed by atoms with E-state index in [0.29, 0.717) is 6.42 Å². The van der Waals surface area contributed by atoms with Crippen LogP contribution in [-0.2, 0) is 10.0 Å². The van der Waals surface area contributed by atoms with Gasteiger partial charge >= 0.3 is 0 Å². The van der Waals surface area contributed by atoms with Gasteiger partial charge in [-0.15, -0.1) is 0 Å². The van der Waals surface area contributed by atoms with Crippen molar-refractivity contribution in [2.24, 2.45) is 0 Å². The van der Waals surface area contributed by atoms with Gasteiger partial charge in [0.05, 0.1) is 18.0 Å². The van der Waals surface area contributed by atoms with E-state index in [1.807, 2.05) is 36.7 Å². The Bertz CT molecular complexity index is 1130. The van der Waals surface area contributed by atoms with Crippen LogP contribution in [0.25, 0.3) is 22.3 Å². The van der Waals surface area contributed by atoms with Gasteiger partial charge in [0.25, 0.3) is 0 Å². The second-order valence-electron chi connectivity index (χ2n) is 6.29. The Morgan fingerprint density at radius 1 is 1.23 bits per heavy atom. The third-order valence-corrected chi connectivity index (χ3v) is 5.24. The van der Waals surface area contributed by atoms with Crippen LogP contribution >= 0.6 is 0 Å². The van der Waals surface area contributed by atoms with Gasteiger partial charge in [0, 0.05) is 23.2 Å². The number of aromatic amines is 1. The van der Waals surface area contributed by atoms with Crippen molar-refractivity contribution >= 4 is 21.1 Å². The summed E-state index contributed by atoms with van der Waals surface area (Å²) in [5.74, 6) is 0. The molecule has 0 amide bonds. The second kappa shape index (κ2) is 6.09. The van der Waals surface area contributed by atoms with E-state index in [0.717, 1.165) is 39.7 Å². The van der Waals surface area contributed by atoms with Gasteiger partial charge < -0.3 is 10.3 Å². The number of nitriles is 1. The molecule has 0 spiro atoms. The second-order valence-corrected chi connectivity index (χ2v) is 8.07. The van der Waals surface area contributed by atoms with Crippen LogP contribution in [0.15, 0.2) is 36.8 Å². The average molecular weight is 368 g/mol. The molecular formula is C17H16N6O2S. The van der Waals surface area contributed by atoms with Gasteiger partial charge in [0.1, 0.15) is 12.0 Å². The number of sulfonamides is 1. The summed E-state index contributed by atoms with van der Waals surface area (Å²) in [6.07, 6.45) is 6.88. The lowest BCUT2D eigenvalue weighted by Gasteiger charge is -2.12. The summed E-state index contributed by atoms with van der Waals surface area (Å²) in [6, 6.07) is 7.07. The number of benzene rings is 1. The van der Waals surface area contributed by atoms with E-state index in [4.69, 9.17) is 5.26 Å². The molecule has 0 saturated heterocycles. The predicted octanol–water partition coefficient (Wildman–Crippen LogP) is 1.73. The summed E-state index contributed by atoms with van der Waals surface area (Å²) in [6.45, 7) is 0. The lowest BCUT2D eigenvalue weighted by molar-refractivity contribution is 0.521. The first-order chi connectivity index (χ1) is 12.5. The quantitative estimate of drug-likeness (QED) is 0.476. The number of nitrogens with one attached hydrogen (secondary N) is 3. The monoisotopic (exact) mass is 368 g/mol. The van der Waals surface area contributed by atoms with E-state index in [1.54, 1.807) is 0 Å². The molecule has 0 aliphatic heterocycles. The van der Waals surface area contributed by atoms with Crippen molar-refractivity contribution in [3.05, 3.63) is 47.9 Å². The van der Waals surface area contributed by atoms with Crippen LogP contribution in [0.2, 0.25) is 0 Å². The number of hydrogen-bond acceptors (Lipinski definition) is 6. The minimum atomic E-state index is -3.36. The number of aromatic nitrogens is 3. The molecular weight excluding hydrogens is 352 g/mol. The average Bonchev–Trinajstić information content (AvgIpc) is 3.19. The number of rotatable bonds is 4. The molecule has 3 aromatic rings. The summed E-state index contributed by atoms with van der Waals surface area (Å²) >= 11 is 0. The molecule has 26 heavy (non-hydrogen) atoms. The smallest absolute Gasteiger partial charge is 0.209 e. The van der Waals surface area contributed by atoms with Crippen LogP contribution in [0.5, 0.6) is 0 Å². The molecule has 8 nitrogen and oxygen atoms in total. The molecule has 0 saturated carbocycles. The molecule has 1 aliphatic carbocycles. The van der Waals surface area contributed by atoms with Crippen LogP contribution in [0.3, 0.4) is 0 Å². The first kappa shape index (κ1) is 16.5. The fourth-order valence-corrected chi connectivity index (χ4v) is 4.26. The highest BCUT2D eigenvalue weighted by molar-refractivity contribution is 7.88. The van der Waals surface area contributed by atoms with Crippen molar-refractivity contribution in [3.8, 4) is 17.5 Å². The molecule has 4 rings (SSSR count). The normalized spacial score (nSPS) is 19.2. The SMILES string of the molecule is CS(=O)(=O)NC1CC(NC#N)c2cc(-c3ncnc4[nH]ccc34)ccc21. The van der Waals surface area contributed by atoms with Crippen LogP contribution in [0.1, 0.15) is 29.6 Å². The molecule has 3 N–H and O–H groups in total. The highest BCUT2D eigenvalue weighted by Crippen LogP contribution is 2.41. The molecule has 9 heteroatoms. The summed E-state index contributed by atoms with van der Waals surface area (Å²) in [5.41, 5.74) is 4.19. The van der Waals surface area contributed by atoms with Gasteiger partial charge in [-0.3, -0.25) is 0 Å². The van der Waals surface area contributed by atoms with Crippen LogP contribution in [0.4, 0.5) is 0 Å². The highest BCUT2D eigenvalue weighted by Gasteiger charge is 2.33. The molecule has 2 heterocycles. The van der Waals surface area contributed by atoms with Crippen molar-refractivity contribution in [1.29, 1.82) is 5.26 Å². The molecule has 0 fully saturated rings. The summed E-state index contributed by atoms with van der Waals surface area (Å²) in [4.78, 5) is 11.7. The number of H-pyrrole nitrogens is 1. The van der Waals surface area contributed by atoms with E-state index in [9.17, 15) is 8.42 Å². The highest BCUT2D eigenvalue weighted by atomic mass is 32.2. The zero-order valence-corrected chi connectivity index (χ0v) is 14.7. The standard InChI is InChI=1S/C17H16N6O2S/c1-26(24,25)23-15-7-14(20-8-18)13-6-10(2-3-11(13)15)16-12-4-5-19-17(12)22-9-21-16/h2-6,9,14-15,20,23H,7H2,1H3,(H,19,21,22). The Hall–Kier alpha value is -2.96. The number of fused-ring (bicyclic) bond motifs is 2. The van der Waals surface area contributed by atoms with Crippen molar-refractivity contribution in [2.45, 2.75) is 18.5 Å². The van der Waals surface area contributed by atoms with Gasteiger partial charge in [-0.2, -0.15) is 5.26 Å². The summed E-state index contributed by atoms with van der Waals surface area (Å²) < 4.78 is 25.9. The fourth-order valence-electron chi connectivity index (χ4n) is 3.52. The maximum absolute atomic E-state index is 11.6. The van der Waals surface area contributed by atoms with Crippen molar-refractivity contribution in [2.75, 3.05) is 6.26 Å². The Balaban J connectivity index is 1.81. The lowest BCUT2D eigenvalue weighted by Crippen LogP contribution is -2.26. The van der Waals surface area contributed by atoms with Crippen LogP contribution < -0.4 is 10.0 Å². The van der Waals surface area contributed by atoms with E-state index >= 15 is 0 Å². The van der Waals surface area contributed by atoms with Crippen molar-refractivity contribution < 1.29 is 8.42 Å². The van der Waals surface area contributed by atoms with Gasteiger partial charge in [-0.05, 0) is 29.7 Å². The molecule has 2 unspecified atom stereocenters. The summed E-state index contributed by atoms with van der Waals surface area (Å²) in [5, 5.41) is 12.7. The van der Waals surface area contributed by atoms with Gasteiger partial charge in [0.15, 0.2) is 6.19 Å². The van der Waals surface area contributed by atoms with Gasteiger partial charge in [0.2, 0.25) is 10.0 Å². The number of nitrogens with zero attached hydrogens (tertiary/aromatic N) is 3. The first-order valence-electron chi connectivity index (χ1n) is 8.00. The van der Waals surface area contributed by atoms with Crippen molar-refractivity contribution in [1.82, 2.24) is 25.0 Å². The molecule has 2 aromatic heterocycles. The maximum Gasteiger partial charge on any atom is 0.209 e. The Labute approximate surface area is 150 Å². The molecule has 1 aromatic carbocycles. The third-order valence-electron chi connectivity index (χ3n) is 4.53. The van der Waals surface area contributed by atoms with Crippen LogP contribution in [-0.4, -0.2) is 29.6 Å². The largest absolute Gasteiger partial charge is 0.346 e. The summed E-state index contributed by atoms with van der Waals surface area (Å²) in [7, 11) is -3.36. The molecule has 132 valence electrons. The minimum absolute atomic E-state index is 0.252. The van der Waals surface area contributed by atoms with Gasteiger partial charge in [-0.25, -0.2) is 23.1 Å². The molecule has 0 bridgehead atoms. The third kappa shape index (κ3) is 2.89. The zero-order valence-electron chi connectivity index (χ0n) is 13.9. The maximum atomic E-state index is 11.6. The van der Waals surface area contributed by atoms with Gasteiger partial charge in [-0.1, -0.05) is 12.1 Å². The topological polar surface area (TPSA) is 124 Å². The molecule has 2 atom stereocenters. The fraction of sp³-hybridized carbons (Fsp3) is 0.235. The molecule has 1 aliphatic rings. The van der Waals surface area contributed by atoms with E-state index in [1.165, 1.54) is 6.33 Å².